The lowest BCUT2D eigenvalue weighted by Gasteiger charge is -2.20. The monoisotopic (exact) mass is 421 g/mol. The van der Waals surface area contributed by atoms with Crippen LogP contribution in [0.1, 0.15) is 38.3 Å². The largest absolute Gasteiger partial charge is 0.478 e. The Morgan fingerprint density at radius 2 is 1.48 bits per heavy atom. The summed E-state index contributed by atoms with van der Waals surface area (Å²) < 4.78 is 40.9. The maximum Gasteiger partial charge on any atom is 0.332 e. The van der Waals surface area contributed by atoms with Crippen LogP contribution in [0.25, 0.3) is 5.57 Å². The van der Waals surface area contributed by atoms with Crippen molar-refractivity contribution >= 4 is 21.6 Å². The maximum absolute atomic E-state index is 13.3. The van der Waals surface area contributed by atoms with E-state index in [0.29, 0.717) is 16.7 Å². The summed E-state index contributed by atoms with van der Waals surface area (Å²) in [7, 11) is -3.75. The fourth-order valence-corrected chi connectivity index (χ4v) is 4.26. The Labute approximate surface area is 169 Å². The van der Waals surface area contributed by atoms with Crippen LogP contribution in [0.3, 0.4) is 0 Å². The highest BCUT2D eigenvalue weighted by Gasteiger charge is 2.23. The van der Waals surface area contributed by atoms with Gasteiger partial charge in [0.1, 0.15) is 5.82 Å². The van der Waals surface area contributed by atoms with Crippen LogP contribution >= 0.6 is 0 Å². The van der Waals surface area contributed by atoms with Crippen LogP contribution in [0.2, 0.25) is 0 Å². The van der Waals surface area contributed by atoms with E-state index in [4.69, 9.17) is 0 Å². The summed E-state index contributed by atoms with van der Waals surface area (Å²) in [5.41, 5.74) is 0.466. The van der Waals surface area contributed by atoms with Crippen LogP contribution in [-0.2, 0) is 14.8 Å². The Bertz CT molecular complexity index is 1000. The molecule has 8 heteroatoms. The predicted molar refractivity (Wildman–Crippen MR) is 108 cm³/mol. The van der Waals surface area contributed by atoms with Crippen molar-refractivity contribution in [2.24, 2.45) is 0 Å². The molecular weight excluding hydrogens is 397 g/mol. The highest BCUT2D eigenvalue weighted by Crippen LogP contribution is 2.30. The molecule has 29 heavy (non-hydrogen) atoms. The average Bonchev–Trinajstić information content (AvgIpc) is 2.61. The van der Waals surface area contributed by atoms with Gasteiger partial charge in [-0.3, -0.25) is 0 Å². The maximum atomic E-state index is 13.3. The zero-order valence-electron chi connectivity index (χ0n) is 16.4. The highest BCUT2D eigenvalue weighted by atomic mass is 32.2. The van der Waals surface area contributed by atoms with Crippen molar-refractivity contribution < 1.29 is 27.8 Å². The first-order valence-electron chi connectivity index (χ1n) is 8.92. The summed E-state index contributed by atoms with van der Waals surface area (Å²) in [5, 5.41) is 18.9. The van der Waals surface area contributed by atoms with Crippen molar-refractivity contribution in [1.82, 2.24) is 4.72 Å². The number of rotatable bonds is 7. The van der Waals surface area contributed by atoms with Crippen molar-refractivity contribution in [2.45, 2.75) is 37.6 Å². The van der Waals surface area contributed by atoms with Gasteiger partial charge in [0.2, 0.25) is 10.0 Å². The number of benzene rings is 2. The van der Waals surface area contributed by atoms with Crippen LogP contribution in [0.15, 0.2) is 59.0 Å². The fourth-order valence-electron chi connectivity index (χ4n) is 2.85. The van der Waals surface area contributed by atoms with Gasteiger partial charge in [-0.2, -0.15) is 0 Å². The smallest absolute Gasteiger partial charge is 0.332 e. The second-order valence-electron chi connectivity index (χ2n) is 7.52. The normalized spacial score (nSPS) is 13.1. The lowest BCUT2D eigenvalue weighted by molar-refractivity contribution is -0.132. The fraction of sp³-hybridized carbons (Fsp3) is 0.286. The standard InChI is InChI=1S/C21H24FNO5S/c1-21(2,3)23-29(27,28)17-10-6-15(7-11-17)19(18(12-13-24)20(25)26)14-4-8-16(22)9-5-14/h4-11,23-24H,12-13H2,1-3H3,(H,25,26)/b19-18-. The molecule has 2 aromatic carbocycles. The van der Waals surface area contributed by atoms with Crippen molar-refractivity contribution in [3.63, 3.8) is 0 Å². The van der Waals surface area contributed by atoms with E-state index in [1.165, 1.54) is 48.5 Å². The molecule has 0 aliphatic heterocycles. The Balaban J connectivity index is 2.59. The van der Waals surface area contributed by atoms with E-state index in [9.17, 15) is 27.8 Å². The van der Waals surface area contributed by atoms with E-state index in [1.807, 2.05) is 0 Å². The van der Waals surface area contributed by atoms with Crippen LogP contribution < -0.4 is 4.72 Å². The molecule has 0 atom stereocenters. The quantitative estimate of drug-likeness (QED) is 0.596. The highest BCUT2D eigenvalue weighted by molar-refractivity contribution is 7.89. The third-order valence-corrected chi connectivity index (χ3v) is 5.72. The first-order valence-corrected chi connectivity index (χ1v) is 10.4. The number of carboxylic acid groups (broad SMARTS) is 1. The molecule has 2 aromatic rings. The molecule has 0 saturated carbocycles. The second-order valence-corrected chi connectivity index (χ2v) is 9.20. The van der Waals surface area contributed by atoms with Crippen LogP contribution in [0.4, 0.5) is 4.39 Å². The van der Waals surface area contributed by atoms with Gasteiger partial charge in [0.25, 0.3) is 0 Å². The third-order valence-electron chi connectivity index (χ3n) is 3.95. The molecular formula is C21H24FNO5S. The number of hydrogen-bond acceptors (Lipinski definition) is 4. The Morgan fingerprint density at radius 1 is 1.00 bits per heavy atom. The second kappa shape index (κ2) is 8.86. The molecule has 0 radical (unpaired) electrons. The van der Waals surface area contributed by atoms with Gasteiger partial charge in [-0.15, -0.1) is 0 Å². The van der Waals surface area contributed by atoms with Gasteiger partial charge in [0.05, 0.1) is 4.90 Å². The lowest BCUT2D eigenvalue weighted by Crippen LogP contribution is -2.40. The topological polar surface area (TPSA) is 104 Å². The van der Waals surface area contributed by atoms with E-state index >= 15 is 0 Å². The molecule has 0 saturated heterocycles. The molecule has 2 rings (SSSR count). The molecule has 156 valence electrons. The molecule has 3 N–H and O–H groups in total. The average molecular weight is 421 g/mol. The van der Waals surface area contributed by atoms with E-state index in [1.54, 1.807) is 20.8 Å². The molecule has 6 nitrogen and oxygen atoms in total. The van der Waals surface area contributed by atoms with Crippen molar-refractivity contribution in [2.75, 3.05) is 6.61 Å². The van der Waals surface area contributed by atoms with Gasteiger partial charge in [-0.1, -0.05) is 24.3 Å². The van der Waals surface area contributed by atoms with Gasteiger partial charge in [-0.25, -0.2) is 22.3 Å². The summed E-state index contributed by atoms with van der Waals surface area (Å²) >= 11 is 0. The number of aliphatic hydroxyl groups is 1. The van der Waals surface area contributed by atoms with E-state index < -0.39 is 27.3 Å². The molecule has 0 aliphatic carbocycles. The first kappa shape index (κ1) is 22.7. The number of carboxylic acids is 1. The summed E-state index contributed by atoms with van der Waals surface area (Å²) in [5.74, 6) is -1.69. The number of aliphatic hydroxyl groups excluding tert-OH is 1. The Kier molecular flexibility index (Phi) is 6.94. The van der Waals surface area contributed by atoms with E-state index in [-0.39, 0.29) is 23.5 Å². The minimum Gasteiger partial charge on any atom is -0.478 e. The molecule has 0 unspecified atom stereocenters. The number of nitrogens with one attached hydrogen (secondary N) is 1. The molecule has 0 bridgehead atoms. The van der Waals surface area contributed by atoms with Crippen LogP contribution in [-0.4, -0.2) is 36.7 Å². The number of sulfonamides is 1. The molecule has 0 amide bonds. The minimum absolute atomic E-state index is 0.0358. The zero-order valence-corrected chi connectivity index (χ0v) is 17.3. The van der Waals surface area contributed by atoms with Gasteiger partial charge in [-0.05, 0) is 61.7 Å². The molecule has 0 spiro atoms. The lowest BCUT2D eigenvalue weighted by atomic mass is 9.91. The third kappa shape index (κ3) is 5.96. The summed E-state index contributed by atoms with van der Waals surface area (Å²) in [6.07, 6.45) is -0.117. The summed E-state index contributed by atoms with van der Waals surface area (Å²) in [6, 6.07) is 11.1. The predicted octanol–water partition coefficient (Wildman–Crippen LogP) is 3.17. The van der Waals surface area contributed by atoms with Gasteiger partial charge >= 0.3 is 5.97 Å². The van der Waals surface area contributed by atoms with Crippen molar-refractivity contribution in [1.29, 1.82) is 0 Å². The Morgan fingerprint density at radius 3 is 1.90 bits per heavy atom. The number of halogens is 1. The number of hydrogen-bond donors (Lipinski definition) is 3. The first-order chi connectivity index (χ1) is 13.4. The minimum atomic E-state index is -3.75. The molecule has 0 fully saturated rings. The van der Waals surface area contributed by atoms with Gasteiger partial charge < -0.3 is 10.2 Å². The van der Waals surface area contributed by atoms with Gasteiger partial charge in [0.15, 0.2) is 0 Å². The Hall–Kier alpha value is -2.55. The molecule has 0 aliphatic rings. The van der Waals surface area contributed by atoms with Crippen LogP contribution in [0, 0.1) is 5.82 Å². The number of carbonyl (C=O) groups is 1. The van der Waals surface area contributed by atoms with Crippen molar-refractivity contribution in [3.05, 3.63) is 71.0 Å². The summed E-state index contributed by atoms with van der Waals surface area (Å²) in [6.45, 7) is 4.79. The molecule has 0 heterocycles. The van der Waals surface area contributed by atoms with E-state index in [2.05, 4.69) is 4.72 Å². The zero-order chi connectivity index (χ0) is 21.8. The van der Waals surface area contributed by atoms with Gasteiger partial charge in [0, 0.05) is 24.1 Å². The summed E-state index contributed by atoms with van der Waals surface area (Å²) in [4.78, 5) is 11.8. The van der Waals surface area contributed by atoms with E-state index in [0.717, 1.165) is 0 Å². The van der Waals surface area contributed by atoms with Crippen molar-refractivity contribution in [3.8, 4) is 0 Å². The molecule has 0 aromatic heterocycles. The number of aliphatic carboxylic acids is 1. The van der Waals surface area contributed by atoms with Crippen LogP contribution in [0.5, 0.6) is 0 Å². The SMILES string of the molecule is CC(C)(C)NS(=O)(=O)c1ccc(/C(=C(/CCO)C(=O)O)c2ccc(F)cc2)cc1.